The zero-order chi connectivity index (χ0) is 16.3. The molecule has 7 nitrogen and oxygen atoms in total. The van der Waals surface area contributed by atoms with Crippen LogP contribution < -0.4 is 15.1 Å². The van der Waals surface area contributed by atoms with Gasteiger partial charge in [-0.1, -0.05) is 0 Å². The maximum absolute atomic E-state index is 4.63. The van der Waals surface area contributed by atoms with Gasteiger partial charge in [0, 0.05) is 50.3 Å². The van der Waals surface area contributed by atoms with Crippen LogP contribution in [0.5, 0.6) is 0 Å². The highest BCUT2D eigenvalue weighted by molar-refractivity contribution is 5.44. The fourth-order valence-electron chi connectivity index (χ4n) is 2.52. The van der Waals surface area contributed by atoms with Crippen LogP contribution in [0.2, 0.25) is 0 Å². The van der Waals surface area contributed by atoms with Gasteiger partial charge in [-0.2, -0.15) is 4.98 Å². The largest absolute Gasteiger partial charge is 0.365 e. The summed E-state index contributed by atoms with van der Waals surface area (Å²) in [6, 6.07) is 3.74. The monoisotopic (exact) mass is 313 g/mol. The smallest absolute Gasteiger partial charge is 0.227 e. The molecule has 0 saturated carbocycles. The fraction of sp³-hybridized carbons (Fsp3) is 0.500. The van der Waals surface area contributed by atoms with Crippen LogP contribution in [0, 0.1) is 0 Å². The quantitative estimate of drug-likeness (QED) is 0.926. The van der Waals surface area contributed by atoms with Crippen LogP contribution in [0.3, 0.4) is 0 Å². The van der Waals surface area contributed by atoms with E-state index in [1.807, 2.05) is 18.3 Å². The molecule has 0 amide bonds. The van der Waals surface area contributed by atoms with E-state index in [0.717, 1.165) is 43.9 Å². The maximum atomic E-state index is 4.63. The van der Waals surface area contributed by atoms with E-state index in [-0.39, 0.29) is 5.54 Å². The molecule has 1 aliphatic heterocycles. The van der Waals surface area contributed by atoms with Crippen molar-refractivity contribution >= 4 is 17.7 Å². The van der Waals surface area contributed by atoms with Gasteiger partial charge >= 0.3 is 0 Å². The molecule has 7 heteroatoms. The highest BCUT2D eigenvalue weighted by Crippen LogP contribution is 2.17. The molecule has 1 saturated heterocycles. The predicted molar refractivity (Wildman–Crippen MR) is 91.9 cm³/mol. The zero-order valence-corrected chi connectivity index (χ0v) is 13.9. The van der Waals surface area contributed by atoms with E-state index in [4.69, 9.17) is 0 Å². The zero-order valence-electron chi connectivity index (χ0n) is 13.9. The third-order valence-electron chi connectivity index (χ3n) is 3.54. The average Bonchev–Trinajstić information content (AvgIpc) is 2.55. The molecule has 0 spiro atoms. The first-order valence-electron chi connectivity index (χ1n) is 7.89. The van der Waals surface area contributed by atoms with Gasteiger partial charge in [0.15, 0.2) is 0 Å². The molecule has 2 aromatic heterocycles. The van der Waals surface area contributed by atoms with Gasteiger partial charge < -0.3 is 15.1 Å². The van der Waals surface area contributed by atoms with Crippen molar-refractivity contribution in [2.45, 2.75) is 26.3 Å². The van der Waals surface area contributed by atoms with Gasteiger partial charge in [0.1, 0.15) is 5.82 Å². The van der Waals surface area contributed by atoms with E-state index in [1.165, 1.54) is 0 Å². The van der Waals surface area contributed by atoms with E-state index in [9.17, 15) is 0 Å². The van der Waals surface area contributed by atoms with Crippen LogP contribution in [0.1, 0.15) is 20.8 Å². The van der Waals surface area contributed by atoms with E-state index in [0.29, 0.717) is 0 Å². The molecule has 0 atom stereocenters. The van der Waals surface area contributed by atoms with E-state index in [1.54, 1.807) is 12.4 Å². The third kappa shape index (κ3) is 4.06. The molecule has 3 rings (SSSR count). The molecule has 3 heterocycles. The summed E-state index contributed by atoms with van der Waals surface area (Å²) in [5, 5.41) is 3.39. The van der Waals surface area contributed by atoms with E-state index >= 15 is 0 Å². The Balaban J connectivity index is 1.65. The lowest BCUT2D eigenvalue weighted by Crippen LogP contribution is -2.47. The molecular weight excluding hydrogens is 290 g/mol. The standard InChI is InChI=1S/C16H23N7/c1-16(2,3)21-13-5-8-19-15(20-13)23-11-9-22(10-12-23)14-17-6-4-7-18-14/h4-8H,9-12H2,1-3H3,(H,19,20,21). The Hall–Kier alpha value is -2.44. The normalized spacial score (nSPS) is 15.6. The molecule has 0 unspecified atom stereocenters. The van der Waals surface area contributed by atoms with E-state index < -0.39 is 0 Å². The molecular formula is C16H23N7. The summed E-state index contributed by atoms with van der Waals surface area (Å²) in [5.74, 6) is 2.42. The minimum absolute atomic E-state index is 0.0189. The molecule has 2 aromatic rings. The first-order valence-corrected chi connectivity index (χ1v) is 7.89. The van der Waals surface area contributed by atoms with Gasteiger partial charge in [-0.05, 0) is 32.9 Å². The number of piperazine rings is 1. The van der Waals surface area contributed by atoms with Crippen molar-refractivity contribution in [3.05, 3.63) is 30.7 Å². The Kier molecular flexibility index (Phi) is 4.27. The van der Waals surface area contributed by atoms with Crippen LogP contribution in [0.25, 0.3) is 0 Å². The van der Waals surface area contributed by atoms with Gasteiger partial charge in [0.25, 0.3) is 0 Å². The average molecular weight is 313 g/mol. The topological polar surface area (TPSA) is 70.1 Å². The third-order valence-corrected chi connectivity index (χ3v) is 3.54. The Bertz CT molecular complexity index is 630. The van der Waals surface area contributed by atoms with Crippen LogP contribution in [0.15, 0.2) is 30.7 Å². The van der Waals surface area contributed by atoms with Crippen LogP contribution in [0.4, 0.5) is 17.7 Å². The van der Waals surface area contributed by atoms with Crippen molar-refractivity contribution < 1.29 is 0 Å². The second-order valence-electron chi connectivity index (χ2n) is 6.64. The number of hydrogen-bond acceptors (Lipinski definition) is 7. The molecule has 0 bridgehead atoms. The van der Waals surface area contributed by atoms with Gasteiger partial charge in [-0.25, -0.2) is 15.0 Å². The van der Waals surface area contributed by atoms with Crippen molar-refractivity contribution in [1.29, 1.82) is 0 Å². The predicted octanol–water partition coefficient (Wildman–Crippen LogP) is 1.80. The summed E-state index contributed by atoms with van der Waals surface area (Å²) in [7, 11) is 0. The minimum Gasteiger partial charge on any atom is -0.365 e. The maximum Gasteiger partial charge on any atom is 0.227 e. The summed E-state index contributed by atoms with van der Waals surface area (Å²) >= 11 is 0. The number of nitrogens with zero attached hydrogens (tertiary/aromatic N) is 6. The molecule has 1 fully saturated rings. The van der Waals surface area contributed by atoms with Crippen molar-refractivity contribution in [1.82, 2.24) is 19.9 Å². The van der Waals surface area contributed by atoms with Crippen LogP contribution in [-0.2, 0) is 0 Å². The summed E-state index contributed by atoms with van der Waals surface area (Å²) in [4.78, 5) is 22.1. The Morgan fingerprint density at radius 1 is 0.870 bits per heavy atom. The van der Waals surface area contributed by atoms with Crippen LogP contribution >= 0.6 is 0 Å². The van der Waals surface area contributed by atoms with Crippen molar-refractivity contribution in [2.24, 2.45) is 0 Å². The molecule has 0 aromatic carbocycles. The highest BCUT2D eigenvalue weighted by atomic mass is 15.4. The van der Waals surface area contributed by atoms with Crippen LogP contribution in [-0.4, -0.2) is 51.7 Å². The van der Waals surface area contributed by atoms with Crippen molar-refractivity contribution in [3.63, 3.8) is 0 Å². The fourth-order valence-corrected chi connectivity index (χ4v) is 2.52. The van der Waals surface area contributed by atoms with E-state index in [2.05, 4.69) is 55.8 Å². The first kappa shape index (κ1) is 15.5. The SMILES string of the molecule is CC(C)(C)Nc1ccnc(N2CCN(c3ncccn3)CC2)n1. The minimum atomic E-state index is -0.0189. The lowest BCUT2D eigenvalue weighted by molar-refractivity contribution is 0.619. The van der Waals surface area contributed by atoms with Gasteiger partial charge in [0.05, 0.1) is 0 Å². The number of nitrogens with one attached hydrogen (secondary N) is 1. The van der Waals surface area contributed by atoms with Gasteiger partial charge in [-0.3, -0.25) is 0 Å². The molecule has 23 heavy (non-hydrogen) atoms. The van der Waals surface area contributed by atoms with Gasteiger partial charge in [-0.15, -0.1) is 0 Å². The molecule has 0 radical (unpaired) electrons. The number of anilines is 3. The number of aromatic nitrogens is 4. The van der Waals surface area contributed by atoms with Gasteiger partial charge in [0.2, 0.25) is 11.9 Å². The summed E-state index contributed by atoms with van der Waals surface area (Å²) in [6.07, 6.45) is 5.36. The summed E-state index contributed by atoms with van der Waals surface area (Å²) in [5.41, 5.74) is -0.0189. The number of hydrogen-bond donors (Lipinski definition) is 1. The Morgan fingerprint density at radius 2 is 1.43 bits per heavy atom. The van der Waals surface area contributed by atoms with Crippen molar-refractivity contribution in [3.8, 4) is 0 Å². The van der Waals surface area contributed by atoms with Crippen molar-refractivity contribution in [2.75, 3.05) is 41.3 Å². The second-order valence-corrected chi connectivity index (χ2v) is 6.64. The molecule has 122 valence electrons. The summed E-state index contributed by atoms with van der Waals surface area (Å²) < 4.78 is 0. The Morgan fingerprint density at radius 3 is 2.04 bits per heavy atom. The Labute approximate surface area is 136 Å². The lowest BCUT2D eigenvalue weighted by atomic mass is 10.1. The highest BCUT2D eigenvalue weighted by Gasteiger charge is 2.21. The number of rotatable bonds is 3. The lowest BCUT2D eigenvalue weighted by Gasteiger charge is -2.34. The molecule has 1 N–H and O–H groups in total. The molecule has 1 aliphatic rings. The second kappa shape index (κ2) is 6.36. The summed E-state index contributed by atoms with van der Waals surface area (Å²) in [6.45, 7) is 9.80. The first-order chi connectivity index (χ1) is 11.0. The molecule has 0 aliphatic carbocycles.